The van der Waals surface area contributed by atoms with E-state index in [1.165, 1.54) is 57.8 Å². The predicted molar refractivity (Wildman–Crippen MR) is 238 cm³/mol. The van der Waals surface area contributed by atoms with Gasteiger partial charge in [0.15, 0.2) is 0 Å². The lowest BCUT2D eigenvalue weighted by molar-refractivity contribution is -0.0860. The molecule has 0 aromatic heterocycles. The van der Waals surface area contributed by atoms with Crippen LogP contribution < -0.4 is 0 Å². The standard InChI is InChI=1S/C56H92O/c1-4-13-37(14-5-1)40-21-12-22-41(29-40)48-32-49(47-26-25-45-30-44(23-24-46(45)31-47)38-15-6-2-7-16-38)34-50(33-48)52-28-27-51(39-17-8-3-9-18-39)55-53-35-42-19-10-11-20-43(42)36-54(53)57-56(52)55/h37-56H,1-36H2. The molecular weight excluding hydrogens is 689 g/mol. The van der Waals surface area contributed by atoms with Crippen LogP contribution in [0.5, 0.6) is 0 Å². The smallest absolute Gasteiger partial charge is 0.0644 e. The van der Waals surface area contributed by atoms with Crippen LogP contribution >= 0.6 is 0 Å². The summed E-state index contributed by atoms with van der Waals surface area (Å²) in [6.45, 7) is 0. The van der Waals surface area contributed by atoms with Crippen molar-refractivity contribution in [2.75, 3.05) is 0 Å². The molecule has 0 amide bonds. The number of hydrogen-bond donors (Lipinski definition) is 0. The maximum Gasteiger partial charge on any atom is 0.0644 e. The van der Waals surface area contributed by atoms with Crippen LogP contribution in [0.2, 0.25) is 0 Å². The zero-order chi connectivity index (χ0) is 37.7. The van der Waals surface area contributed by atoms with Gasteiger partial charge in [0.2, 0.25) is 0 Å². The number of fused-ring (bicyclic) bond motifs is 5. The molecule has 1 heterocycles. The van der Waals surface area contributed by atoms with Gasteiger partial charge in [-0.3, -0.25) is 0 Å². The SMILES string of the molecule is C1CCC(C2CCC3CC(C4CC(C5CCCC(C6CCCCC6)C5)CC(C5CCC(C6CCCCC6)C6C7CC8CCCCC8CC7OC56)C4)CCC3C2)CC1. The third-order valence-electron chi connectivity index (χ3n) is 22.7. The van der Waals surface area contributed by atoms with E-state index in [1.807, 2.05) is 0 Å². The Bertz CT molecular complexity index is 1270. The van der Waals surface area contributed by atoms with E-state index in [2.05, 4.69) is 0 Å². The molecule has 17 atom stereocenters. The minimum absolute atomic E-state index is 0.634. The molecule has 0 N–H and O–H groups in total. The molecule has 0 aromatic rings. The van der Waals surface area contributed by atoms with E-state index in [4.69, 9.17) is 4.74 Å². The van der Waals surface area contributed by atoms with E-state index in [1.54, 1.807) is 173 Å². The summed E-state index contributed by atoms with van der Waals surface area (Å²) in [6, 6.07) is 0. The largest absolute Gasteiger partial charge is 0.374 e. The lowest BCUT2D eigenvalue weighted by atomic mass is 9.52. The van der Waals surface area contributed by atoms with Gasteiger partial charge in [0, 0.05) is 0 Å². The summed E-state index contributed by atoms with van der Waals surface area (Å²) in [5.74, 6) is 18.6. The van der Waals surface area contributed by atoms with Gasteiger partial charge in [0.05, 0.1) is 12.2 Å². The second-order valence-electron chi connectivity index (χ2n) is 25.1. The average Bonchev–Trinajstić information content (AvgIpc) is 3.66. The Labute approximate surface area is 353 Å². The molecule has 0 aromatic carbocycles. The predicted octanol–water partition coefficient (Wildman–Crippen LogP) is 16.0. The molecule has 0 spiro atoms. The molecule has 17 unspecified atom stereocenters. The second kappa shape index (κ2) is 18.0. The third kappa shape index (κ3) is 8.32. The summed E-state index contributed by atoms with van der Waals surface area (Å²) < 4.78 is 7.79. The first kappa shape index (κ1) is 39.8. The summed E-state index contributed by atoms with van der Waals surface area (Å²) in [6.07, 6.45) is 57.8. The van der Waals surface area contributed by atoms with E-state index < -0.39 is 0 Å². The molecule has 10 aliphatic carbocycles. The first-order valence-corrected chi connectivity index (χ1v) is 27.9. The Kier molecular flexibility index (Phi) is 12.5. The Balaban J connectivity index is 0.839. The van der Waals surface area contributed by atoms with E-state index in [9.17, 15) is 0 Å². The maximum atomic E-state index is 7.79. The summed E-state index contributed by atoms with van der Waals surface area (Å²) in [5, 5.41) is 0. The van der Waals surface area contributed by atoms with Gasteiger partial charge in [-0.1, -0.05) is 141 Å². The van der Waals surface area contributed by atoms with E-state index >= 15 is 0 Å². The topological polar surface area (TPSA) is 9.23 Å². The van der Waals surface area contributed by atoms with Crippen LogP contribution in [-0.2, 0) is 4.74 Å². The maximum absolute atomic E-state index is 7.79. The van der Waals surface area contributed by atoms with E-state index in [-0.39, 0.29) is 0 Å². The number of rotatable bonds is 6. The minimum atomic E-state index is 0.634. The molecular formula is C56H92O. The van der Waals surface area contributed by atoms with Crippen molar-refractivity contribution in [2.24, 2.45) is 107 Å². The van der Waals surface area contributed by atoms with Crippen molar-refractivity contribution in [1.29, 1.82) is 0 Å². The van der Waals surface area contributed by atoms with Gasteiger partial charge in [-0.25, -0.2) is 0 Å². The van der Waals surface area contributed by atoms with Crippen LogP contribution in [0.1, 0.15) is 231 Å². The van der Waals surface area contributed by atoms with E-state index in [0.717, 1.165) is 107 Å². The van der Waals surface area contributed by atoms with Crippen molar-refractivity contribution in [3.05, 3.63) is 0 Å². The number of hydrogen-bond acceptors (Lipinski definition) is 1. The quantitative estimate of drug-likeness (QED) is 0.261. The van der Waals surface area contributed by atoms with Gasteiger partial charge in [-0.2, -0.15) is 0 Å². The van der Waals surface area contributed by atoms with Crippen molar-refractivity contribution in [3.63, 3.8) is 0 Å². The fourth-order valence-electron chi connectivity index (χ4n) is 20.0. The lowest BCUT2D eigenvalue weighted by Crippen LogP contribution is -2.47. The summed E-state index contributed by atoms with van der Waals surface area (Å²) in [7, 11) is 0. The van der Waals surface area contributed by atoms with Crippen LogP contribution in [-0.4, -0.2) is 12.2 Å². The van der Waals surface area contributed by atoms with Gasteiger partial charge in [0.1, 0.15) is 0 Å². The highest BCUT2D eigenvalue weighted by atomic mass is 16.5. The van der Waals surface area contributed by atoms with Crippen LogP contribution in [0.25, 0.3) is 0 Å². The molecule has 1 nitrogen and oxygen atoms in total. The summed E-state index contributed by atoms with van der Waals surface area (Å²) >= 11 is 0. The fourth-order valence-corrected chi connectivity index (χ4v) is 20.0. The molecule has 57 heavy (non-hydrogen) atoms. The lowest BCUT2D eigenvalue weighted by Gasteiger charge is -2.52. The Hall–Kier alpha value is -0.0400. The molecule has 1 aliphatic heterocycles. The minimum Gasteiger partial charge on any atom is -0.374 e. The highest BCUT2D eigenvalue weighted by Gasteiger charge is 2.58. The van der Waals surface area contributed by atoms with Gasteiger partial charge in [0.25, 0.3) is 0 Å². The fraction of sp³-hybridized carbons (Fsp3) is 1.00. The van der Waals surface area contributed by atoms with Crippen molar-refractivity contribution in [2.45, 2.75) is 243 Å². The molecule has 1 saturated heterocycles. The summed E-state index contributed by atoms with van der Waals surface area (Å²) in [5.41, 5.74) is 0. The van der Waals surface area contributed by atoms with Crippen molar-refractivity contribution >= 4 is 0 Å². The normalized spacial score (nSPS) is 50.6. The molecule has 322 valence electrons. The zero-order valence-electron chi connectivity index (χ0n) is 37.4. The van der Waals surface area contributed by atoms with Crippen LogP contribution in [0.3, 0.4) is 0 Å². The van der Waals surface area contributed by atoms with Gasteiger partial charge >= 0.3 is 0 Å². The van der Waals surface area contributed by atoms with Crippen molar-refractivity contribution in [1.82, 2.24) is 0 Å². The highest BCUT2D eigenvalue weighted by molar-refractivity contribution is 5.07. The van der Waals surface area contributed by atoms with Gasteiger partial charge < -0.3 is 4.74 Å². The first-order chi connectivity index (χ1) is 28.2. The molecule has 11 aliphatic rings. The Morgan fingerprint density at radius 2 is 0.579 bits per heavy atom. The molecule has 11 fully saturated rings. The van der Waals surface area contributed by atoms with Crippen LogP contribution in [0.4, 0.5) is 0 Å². The van der Waals surface area contributed by atoms with Crippen LogP contribution in [0, 0.1) is 107 Å². The number of ether oxygens (including phenoxy) is 1. The Morgan fingerprint density at radius 1 is 0.211 bits per heavy atom. The highest BCUT2D eigenvalue weighted by Crippen LogP contribution is 2.62. The van der Waals surface area contributed by atoms with Crippen molar-refractivity contribution < 1.29 is 4.74 Å². The van der Waals surface area contributed by atoms with Crippen molar-refractivity contribution in [3.8, 4) is 0 Å². The monoisotopic (exact) mass is 781 g/mol. The van der Waals surface area contributed by atoms with E-state index in [0.29, 0.717) is 12.2 Å². The molecule has 11 rings (SSSR count). The second-order valence-corrected chi connectivity index (χ2v) is 25.1. The molecule has 1 heteroatoms. The Morgan fingerprint density at radius 3 is 1.18 bits per heavy atom. The van der Waals surface area contributed by atoms with Gasteiger partial charge in [-0.15, -0.1) is 0 Å². The summed E-state index contributed by atoms with van der Waals surface area (Å²) in [4.78, 5) is 0. The zero-order valence-corrected chi connectivity index (χ0v) is 37.4. The molecule has 0 radical (unpaired) electrons. The molecule has 0 bridgehead atoms. The average molecular weight is 781 g/mol. The third-order valence-corrected chi connectivity index (χ3v) is 22.7. The van der Waals surface area contributed by atoms with Gasteiger partial charge in [-0.05, 0) is 196 Å². The first-order valence-electron chi connectivity index (χ1n) is 27.9. The van der Waals surface area contributed by atoms with Crippen LogP contribution in [0.15, 0.2) is 0 Å². The molecule has 10 saturated carbocycles.